The molecule has 0 radical (unpaired) electrons. The molecule has 1 fully saturated rings. The van der Waals surface area contributed by atoms with Gasteiger partial charge < -0.3 is 19.0 Å². The minimum atomic E-state index is -0.380. The van der Waals surface area contributed by atoms with Crippen LogP contribution in [0.5, 0.6) is 0 Å². The predicted octanol–water partition coefficient (Wildman–Crippen LogP) is 3.47. The Labute approximate surface area is 174 Å². The molecule has 0 bridgehead atoms. The van der Waals surface area contributed by atoms with Gasteiger partial charge in [0.25, 0.3) is 11.8 Å². The maximum absolute atomic E-state index is 13.3. The van der Waals surface area contributed by atoms with Crippen molar-refractivity contribution in [1.29, 1.82) is 0 Å². The molecule has 8 nitrogen and oxygen atoms in total. The molecule has 154 valence electrons. The lowest BCUT2D eigenvalue weighted by Crippen LogP contribution is -2.31. The van der Waals surface area contributed by atoms with E-state index in [4.69, 9.17) is 14.1 Å². The number of aromatic nitrogens is 2. The van der Waals surface area contributed by atoms with Crippen LogP contribution in [-0.4, -0.2) is 47.4 Å². The lowest BCUT2D eigenvalue weighted by molar-refractivity contribution is 0.0732. The lowest BCUT2D eigenvalue weighted by atomic mass is 10.0. The van der Waals surface area contributed by atoms with Gasteiger partial charge >= 0.3 is 0 Å². The van der Waals surface area contributed by atoms with Crippen molar-refractivity contribution in [2.75, 3.05) is 20.8 Å². The fourth-order valence-electron chi connectivity index (χ4n) is 3.53. The second-order valence-corrected chi connectivity index (χ2v) is 6.92. The minimum absolute atomic E-state index is 0.126. The summed E-state index contributed by atoms with van der Waals surface area (Å²) in [5, 5.41) is 8.07. The van der Waals surface area contributed by atoms with E-state index in [1.165, 1.54) is 7.11 Å². The summed E-state index contributed by atoms with van der Waals surface area (Å²) in [5.41, 5.74) is 3.48. The summed E-state index contributed by atoms with van der Waals surface area (Å²) in [6, 6.07) is 17.2. The van der Waals surface area contributed by atoms with E-state index in [1.54, 1.807) is 12.0 Å². The molecule has 2 aromatic carbocycles. The van der Waals surface area contributed by atoms with Crippen LogP contribution in [0.3, 0.4) is 0 Å². The van der Waals surface area contributed by atoms with Crippen molar-refractivity contribution in [2.24, 2.45) is 5.16 Å². The number of hydrogen-bond acceptors (Lipinski definition) is 7. The standard InChI is InChI=1S/C22H22N4O4/c1-28-14-20-23-21(25-30-20)19-12-18(24-29-2)13-26(19)22(27)17-10-8-16(9-11-17)15-6-4-3-5-7-15/h3-11,19H,12-14H2,1-2H3/t19-/m0/s1. The monoisotopic (exact) mass is 406 g/mol. The largest absolute Gasteiger partial charge is 0.399 e. The molecule has 0 N–H and O–H groups in total. The van der Waals surface area contributed by atoms with Gasteiger partial charge in [0.1, 0.15) is 19.8 Å². The van der Waals surface area contributed by atoms with Crippen LogP contribution in [0, 0.1) is 0 Å². The summed E-state index contributed by atoms with van der Waals surface area (Å²) in [6.45, 7) is 0.555. The number of nitrogens with zero attached hydrogens (tertiary/aromatic N) is 4. The van der Waals surface area contributed by atoms with E-state index in [-0.39, 0.29) is 18.6 Å². The number of hydrogen-bond donors (Lipinski definition) is 0. The molecule has 0 spiro atoms. The van der Waals surface area contributed by atoms with E-state index in [0.717, 1.165) is 16.8 Å². The Morgan fingerprint density at radius 1 is 1.13 bits per heavy atom. The summed E-state index contributed by atoms with van der Waals surface area (Å²) >= 11 is 0. The average Bonchev–Trinajstić information content (AvgIpc) is 3.42. The lowest BCUT2D eigenvalue weighted by Gasteiger charge is -2.21. The van der Waals surface area contributed by atoms with Crippen molar-refractivity contribution in [3.63, 3.8) is 0 Å². The zero-order valence-corrected chi connectivity index (χ0v) is 16.8. The molecule has 1 atom stereocenters. The highest BCUT2D eigenvalue weighted by Crippen LogP contribution is 2.31. The quantitative estimate of drug-likeness (QED) is 0.582. The van der Waals surface area contributed by atoms with Crippen LogP contribution in [0.15, 0.2) is 64.3 Å². The molecule has 1 saturated heterocycles. The van der Waals surface area contributed by atoms with Gasteiger partial charge in [-0.1, -0.05) is 52.8 Å². The van der Waals surface area contributed by atoms with Gasteiger partial charge in [-0.25, -0.2) is 0 Å². The number of methoxy groups -OCH3 is 1. The zero-order valence-electron chi connectivity index (χ0n) is 16.8. The summed E-state index contributed by atoms with van der Waals surface area (Å²) in [6.07, 6.45) is 0.480. The summed E-state index contributed by atoms with van der Waals surface area (Å²) in [4.78, 5) is 24.3. The maximum atomic E-state index is 13.3. The van der Waals surface area contributed by atoms with E-state index in [9.17, 15) is 4.79 Å². The van der Waals surface area contributed by atoms with Crippen molar-refractivity contribution in [3.05, 3.63) is 71.9 Å². The molecule has 0 saturated carbocycles. The highest BCUT2D eigenvalue weighted by atomic mass is 16.6. The smallest absolute Gasteiger partial charge is 0.254 e. The van der Waals surface area contributed by atoms with Gasteiger partial charge in [-0.05, 0) is 23.3 Å². The third-order valence-corrected chi connectivity index (χ3v) is 4.93. The molecular weight excluding hydrogens is 384 g/mol. The molecule has 3 aromatic rings. The van der Waals surface area contributed by atoms with Crippen LogP contribution in [0.4, 0.5) is 0 Å². The van der Waals surface area contributed by atoms with Gasteiger partial charge in [-0.3, -0.25) is 4.79 Å². The Morgan fingerprint density at radius 2 is 1.87 bits per heavy atom. The molecule has 30 heavy (non-hydrogen) atoms. The minimum Gasteiger partial charge on any atom is -0.399 e. The molecule has 0 aliphatic carbocycles. The molecule has 4 rings (SSSR count). The maximum Gasteiger partial charge on any atom is 0.254 e. The first-order valence-electron chi connectivity index (χ1n) is 9.56. The third-order valence-electron chi connectivity index (χ3n) is 4.93. The predicted molar refractivity (Wildman–Crippen MR) is 110 cm³/mol. The van der Waals surface area contributed by atoms with E-state index in [2.05, 4.69) is 15.3 Å². The van der Waals surface area contributed by atoms with Crippen LogP contribution in [0.1, 0.15) is 34.5 Å². The van der Waals surface area contributed by atoms with Crippen molar-refractivity contribution < 1.29 is 18.9 Å². The van der Waals surface area contributed by atoms with Crippen molar-refractivity contribution in [2.45, 2.75) is 19.1 Å². The number of likely N-dealkylation sites (tertiary alicyclic amines) is 1. The van der Waals surface area contributed by atoms with E-state index in [0.29, 0.717) is 30.2 Å². The van der Waals surface area contributed by atoms with Gasteiger partial charge in [0.15, 0.2) is 5.82 Å². The van der Waals surface area contributed by atoms with Crippen LogP contribution in [0.2, 0.25) is 0 Å². The van der Waals surface area contributed by atoms with Crippen LogP contribution in [0.25, 0.3) is 11.1 Å². The number of ether oxygens (including phenoxy) is 1. The summed E-state index contributed by atoms with van der Waals surface area (Å²) in [7, 11) is 3.04. The van der Waals surface area contributed by atoms with Crippen LogP contribution in [-0.2, 0) is 16.2 Å². The Hall–Kier alpha value is -3.52. The normalized spacial score (nSPS) is 17.5. The fraction of sp³-hybridized carbons (Fsp3) is 0.273. The van der Waals surface area contributed by atoms with E-state index in [1.807, 2.05) is 54.6 Å². The van der Waals surface area contributed by atoms with E-state index >= 15 is 0 Å². The highest BCUT2D eigenvalue weighted by Gasteiger charge is 2.37. The number of amides is 1. The number of benzene rings is 2. The highest BCUT2D eigenvalue weighted by molar-refractivity contribution is 6.00. The molecule has 0 unspecified atom stereocenters. The van der Waals surface area contributed by atoms with Gasteiger partial charge in [0, 0.05) is 19.1 Å². The Bertz CT molecular complexity index is 1030. The first-order chi connectivity index (χ1) is 14.7. The summed E-state index contributed by atoms with van der Waals surface area (Å²) in [5.74, 6) is 0.667. The van der Waals surface area contributed by atoms with Crippen molar-refractivity contribution in [1.82, 2.24) is 15.0 Å². The second kappa shape index (κ2) is 8.87. The van der Waals surface area contributed by atoms with Crippen LogP contribution >= 0.6 is 0 Å². The Balaban J connectivity index is 1.59. The molecule has 1 aliphatic heterocycles. The third kappa shape index (κ3) is 4.08. The van der Waals surface area contributed by atoms with Gasteiger partial charge in [-0.2, -0.15) is 4.98 Å². The zero-order chi connectivity index (χ0) is 20.9. The first-order valence-corrected chi connectivity index (χ1v) is 9.56. The van der Waals surface area contributed by atoms with Gasteiger partial charge in [-0.15, -0.1) is 0 Å². The second-order valence-electron chi connectivity index (χ2n) is 6.92. The van der Waals surface area contributed by atoms with E-state index < -0.39 is 0 Å². The first kappa shape index (κ1) is 19.8. The number of rotatable bonds is 6. The van der Waals surface area contributed by atoms with Gasteiger partial charge in [0.05, 0.1) is 12.3 Å². The number of oxime groups is 1. The number of carbonyl (C=O) groups excluding carboxylic acids is 1. The molecule has 8 heteroatoms. The molecule has 2 heterocycles. The SMILES string of the molecule is COCc1nc([C@@H]2CC(=NOC)CN2C(=O)c2ccc(-c3ccccc3)cc2)no1. The van der Waals surface area contributed by atoms with Crippen molar-refractivity contribution >= 4 is 11.6 Å². The average molecular weight is 406 g/mol. The fourth-order valence-corrected chi connectivity index (χ4v) is 3.53. The number of carbonyl (C=O) groups is 1. The Kier molecular flexibility index (Phi) is 5.85. The summed E-state index contributed by atoms with van der Waals surface area (Å²) < 4.78 is 10.3. The van der Waals surface area contributed by atoms with Crippen molar-refractivity contribution in [3.8, 4) is 11.1 Å². The molecule has 1 amide bonds. The molecular formula is C22H22N4O4. The molecule has 1 aromatic heterocycles. The van der Waals surface area contributed by atoms with Gasteiger partial charge in [0.2, 0.25) is 0 Å². The topological polar surface area (TPSA) is 90.1 Å². The van der Waals surface area contributed by atoms with Crippen LogP contribution < -0.4 is 0 Å². The Morgan fingerprint density at radius 3 is 2.57 bits per heavy atom. The molecule has 1 aliphatic rings.